The van der Waals surface area contributed by atoms with Crippen molar-refractivity contribution in [2.75, 3.05) is 19.6 Å². The van der Waals surface area contributed by atoms with Crippen LogP contribution in [0, 0.1) is 5.92 Å². The zero-order valence-electron chi connectivity index (χ0n) is 27.9. The van der Waals surface area contributed by atoms with E-state index in [2.05, 4.69) is 45.8 Å². The number of allylic oxidation sites excluding steroid dienone is 2. The van der Waals surface area contributed by atoms with E-state index in [-0.39, 0.29) is 0 Å². The molecule has 1 nitrogen and oxygen atoms in total. The van der Waals surface area contributed by atoms with Crippen molar-refractivity contribution < 1.29 is 0 Å². The Kier molecular flexibility index (Phi) is 30.0. The average Bonchev–Trinajstić information content (AvgIpc) is 2.91. The van der Waals surface area contributed by atoms with Gasteiger partial charge in [-0.3, -0.25) is 0 Å². The highest BCUT2D eigenvalue weighted by Crippen LogP contribution is 2.25. The maximum Gasteiger partial charge on any atom is -0.00187 e. The zero-order valence-corrected chi connectivity index (χ0v) is 27.9. The van der Waals surface area contributed by atoms with E-state index in [0.29, 0.717) is 0 Å². The summed E-state index contributed by atoms with van der Waals surface area (Å²) in [6.45, 7) is 21.6. The summed E-state index contributed by atoms with van der Waals surface area (Å²) in [5.41, 5.74) is 2.87. The molecule has 1 heteroatoms. The van der Waals surface area contributed by atoms with E-state index in [1.54, 1.807) is 0 Å². The van der Waals surface area contributed by atoms with Crippen molar-refractivity contribution in [2.24, 2.45) is 5.92 Å². The maximum absolute atomic E-state index is 4.44. The maximum atomic E-state index is 4.44. The van der Waals surface area contributed by atoms with Gasteiger partial charge < -0.3 is 4.90 Å². The fourth-order valence-electron chi connectivity index (χ4n) is 6.02. The van der Waals surface area contributed by atoms with E-state index >= 15 is 0 Å². The van der Waals surface area contributed by atoms with Crippen LogP contribution in [0.4, 0.5) is 0 Å². The van der Waals surface area contributed by atoms with Gasteiger partial charge in [0, 0.05) is 0 Å². The van der Waals surface area contributed by atoms with Crippen LogP contribution < -0.4 is 0 Å². The molecule has 0 saturated heterocycles. The van der Waals surface area contributed by atoms with Gasteiger partial charge in [-0.05, 0) is 90.3 Å². The lowest BCUT2D eigenvalue weighted by Crippen LogP contribution is -2.27. The van der Waals surface area contributed by atoms with Crippen LogP contribution in [0.5, 0.6) is 0 Å². The molecule has 0 bridgehead atoms. The fraction of sp³-hybridized carbons (Fsp3) is 0.895. The Labute approximate surface area is 249 Å². The third-order valence-corrected chi connectivity index (χ3v) is 8.74. The van der Waals surface area contributed by atoms with Crippen molar-refractivity contribution in [3.05, 3.63) is 24.3 Å². The summed E-state index contributed by atoms with van der Waals surface area (Å²) in [5, 5.41) is 0. The van der Waals surface area contributed by atoms with Crippen LogP contribution in [0.3, 0.4) is 0 Å². The van der Waals surface area contributed by atoms with Gasteiger partial charge in [0.1, 0.15) is 0 Å². The van der Waals surface area contributed by atoms with Crippen molar-refractivity contribution in [2.45, 2.75) is 195 Å². The van der Waals surface area contributed by atoms with E-state index in [9.17, 15) is 0 Å². The first-order valence-corrected chi connectivity index (χ1v) is 18.1. The van der Waals surface area contributed by atoms with Crippen LogP contribution >= 0.6 is 0 Å². The first kappa shape index (κ1) is 38.4. The van der Waals surface area contributed by atoms with Gasteiger partial charge in [-0.15, -0.1) is 6.58 Å². The van der Waals surface area contributed by atoms with E-state index < -0.39 is 0 Å². The van der Waals surface area contributed by atoms with Gasteiger partial charge in [0.2, 0.25) is 0 Å². The van der Waals surface area contributed by atoms with Crippen molar-refractivity contribution >= 4 is 0 Å². The molecule has 0 fully saturated rings. The van der Waals surface area contributed by atoms with E-state index in [1.807, 2.05) is 0 Å². The van der Waals surface area contributed by atoms with Crippen molar-refractivity contribution in [3.8, 4) is 0 Å². The largest absolute Gasteiger partial charge is 0.303 e. The van der Waals surface area contributed by atoms with Gasteiger partial charge in [-0.1, -0.05) is 148 Å². The summed E-state index contributed by atoms with van der Waals surface area (Å²) in [4.78, 5) is 2.78. The molecule has 0 aliphatic heterocycles. The lowest BCUT2D eigenvalue weighted by molar-refractivity contribution is 0.255. The lowest BCUT2D eigenvalue weighted by atomic mass is 9.89. The molecule has 0 spiro atoms. The minimum atomic E-state index is 0.976. The van der Waals surface area contributed by atoms with Crippen molar-refractivity contribution in [1.29, 1.82) is 0 Å². The second-order valence-electron chi connectivity index (χ2n) is 13.0. The van der Waals surface area contributed by atoms with Crippen LogP contribution in [0.2, 0.25) is 0 Å². The molecule has 0 aliphatic carbocycles. The zero-order chi connectivity index (χ0) is 28.8. The predicted octanol–water partition coefficient (Wildman–Crippen LogP) is 13.2. The molecule has 232 valence electrons. The quantitative estimate of drug-likeness (QED) is 0.0600. The first-order valence-electron chi connectivity index (χ1n) is 18.1. The van der Waals surface area contributed by atoms with E-state index in [1.165, 1.54) is 198 Å². The molecule has 0 radical (unpaired) electrons. The third kappa shape index (κ3) is 28.8. The van der Waals surface area contributed by atoms with Gasteiger partial charge in [-0.25, -0.2) is 0 Å². The summed E-state index contributed by atoms with van der Waals surface area (Å²) in [7, 11) is 0. The highest BCUT2D eigenvalue weighted by Gasteiger charge is 2.09. The van der Waals surface area contributed by atoms with E-state index in [4.69, 9.17) is 0 Å². The summed E-state index contributed by atoms with van der Waals surface area (Å²) in [6, 6.07) is 0. The first-order chi connectivity index (χ1) is 19.0. The van der Waals surface area contributed by atoms with Crippen molar-refractivity contribution in [3.63, 3.8) is 0 Å². The summed E-state index contributed by atoms with van der Waals surface area (Å²) in [6.07, 6.45) is 36.0. The van der Waals surface area contributed by atoms with Gasteiger partial charge in [0.15, 0.2) is 0 Å². The predicted molar refractivity (Wildman–Crippen MR) is 181 cm³/mol. The molecule has 0 heterocycles. The highest BCUT2D eigenvalue weighted by atomic mass is 15.1. The summed E-state index contributed by atoms with van der Waals surface area (Å²) in [5.74, 6) is 0.976. The van der Waals surface area contributed by atoms with Crippen LogP contribution in [0.1, 0.15) is 195 Å². The van der Waals surface area contributed by atoms with Gasteiger partial charge in [0.05, 0.1) is 0 Å². The molecule has 0 aromatic carbocycles. The molecular formula is C38H75N. The number of nitrogens with zero attached hydrogens (tertiary/aromatic N) is 1. The van der Waals surface area contributed by atoms with Crippen molar-refractivity contribution in [1.82, 2.24) is 4.90 Å². The molecule has 0 atom stereocenters. The van der Waals surface area contributed by atoms with Gasteiger partial charge in [0.25, 0.3) is 0 Å². The van der Waals surface area contributed by atoms with Crippen LogP contribution in [0.25, 0.3) is 0 Å². The Morgan fingerprint density at radius 2 is 0.846 bits per heavy atom. The third-order valence-electron chi connectivity index (χ3n) is 8.74. The second-order valence-corrected chi connectivity index (χ2v) is 13.0. The van der Waals surface area contributed by atoms with E-state index in [0.717, 1.165) is 5.92 Å². The molecule has 0 aromatic rings. The Hall–Kier alpha value is -0.560. The minimum absolute atomic E-state index is 0.976. The van der Waals surface area contributed by atoms with Crippen LogP contribution in [-0.2, 0) is 0 Å². The molecule has 39 heavy (non-hydrogen) atoms. The Morgan fingerprint density at radius 3 is 1.36 bits per heavy atom. The summed E-state index contributed by atoms with van der Waals surface area (Å²) < 4.78 is 0. The molecule has 0 rings (SSSR count). The molecule has 0 aromatic heterocycles. The molecular weight excluding hydrogens is 470 g/mol. The van der Waals surface area contributed by atoms with Crippen LogP contribution in [0.15, 0.2) is 24.3 Å². The Bertz CT molecular complexity index is 511. The number of hydrogen-bond donors (Lipinski definition) is 0. The molecule has 0 saturated carbocycles. The molecule has 0 unspecified atom stereocenters. The number of unbranched alkanes of at least 4 members (excludes halogenated alkanes) is 14. The monoisotopic (exact) mass is 546 g/mol. The topological polar surface area (TPSA) is 3.24 Å². The molecule has 0 N–H and O–H groups in total. The number of hydrogen-bond acceptors (Lipinski definition) is 1. The summed E-state index contributed by atoms with van der Waals surface area (Å²) >= 11 is 0. The second kappa shape index (κ2) is 30.4. The minimum Gasteiger partial charge on any atom is -0.303 e. The number of rotatable bonds is 32. The fourth-order valence-corrected chi connectivity index (χ4v) is 6.02. The Balaban J connectivity index is 3.92. The molecule has 0 amide bonds. The smallest absolute Gasteiger partial charge is 0.00187 e. The van der Waals surface area contributed by atoms with Gasteiger partial charge in [-0.2, -0.15) is 0 Å². The normalized spacial score (nSPS) is 11.6. The Morgan fingerprint density at radius 1 is 0.462 bits per heavy atom. The SMILES string of the molecule is C=C(C)CCCCCCCN(CCCCC)CCCCCCCC(=C)CCCC(CCCCC)CCCCC. The lowest BCUT2D eigenvalue weighted by Gasteiger charge is -2.22. The highest BCUT2D eigenvalue weighted by molar-refractivity contribution is 4.93. The average molecular weight is 546 g/mol. The van der Waals surface area contributed by atoms with Gasteiger partial charge >= 0.3 is 0 Å². The van der Waals surface area contributed by atoms with Crippen LogP contribution in [-0.4, -0.2) is 24.5 Å². The standard InChI is InChI=1S/C38H75N/c1-7-10-19-30-38(31-20-11-8-2)32-26-29-37(6)28-22-16-14-18-25-35-39(33-23-12-9-3)34-24-17-13-15-21-27-36(4)5/h38H,4,6-35H2,1-3,5H3. The molecule has 0 aliphatic rings.